The van der Waals surface area contributed by atoms with E-state index < -0.39 is 0 Å². The zero-order valence-corrected chi connectivity index (χ0v) is 15.4. The van der Waals surface area contributed by atoms with Crippen LogP contribution in [0.4, 0.5) is 0 Å². The number of nitrogens with zero attached hydrogens (tertiary/aromatic N) is 2. The molecule has 5 heteroatoms. The lowest BCUT2D eigenvalue weighted by molar-refractivity contribution is -0.120. The van der Waals surface area contributed by atoms with Gasteiger partial charge in [-0.1, -0.05) is 36.4 Å². The summed E-state index contributed by atoms with van der Waals surface area (Å²) in [5.74, 6) is 1.60. The summed E-state index contributed by atoms with van der Waals surface area (Å²) in [6.45, 7) is 0.550. The van der Waals surface area contributed by atoms with Gasteiger partial charge >= 0.3 is 0 Å². The summed E-state index contributed by atoms with van der Waals surface area (Å²) < 4.78 is 13.4. The largest absolute Gasteiger partial charge is 0.496 e. The molecular formula is C22H22N2O3. The predicted octanol–water partition coefficient (Wildman–Crippen LogP) is 3.66. The molecule has 0 saturated carbocycles. The predicted molar refractivity (Wildman–Crippen MR) is 103 cm³/mol. The van der Waals surface area contributed by atoms with Crippen LogP contribution in [-0.4, -0.2) is 36.6 Å². The minimum absolute atomic E-state index is 0.0118. The minimum Gasteiger partial charge on any atom is -0.496 e. The van der Waals surface area contributed by atoms with Crippen LogP contribution in [0, 0.1) is 0 Å². The van der Waals surface area contributed by atoms with E-state index in [0.29, 0.717) is 6.54 Å². The van der Waals surface area contributed by atoms with E-state index in [9.17, 15) is 4.79 Å². The first-order chi connectivity index (χ1) is 13.3. The standard InChI is InChI=1S/C22H22N2O3/c1-26-20-11-5-3-8-16(20)19-14-23(15-25)22(18-10-7-13-24(18)19)17-9-4-6-12-21(17)27-2/h3-13,15,19,22H,14H2,1-2H3. The molecule has 0 spiro atoms. The summed E-state index contributed by atoms with van der Waals surface area (Å²) in [6, 6.07) is 19.7. The molecule has 1 aliphatic heterocycles. The third-order valence-corrected chi connectivity index (χ3v) is 5.21. The molecular weight excluding hydrogens is 340 g/mol. The minimum atomic E-state index is -0.195. The number of aromatic nitrogens is 1. The third kappa shape index (κ3) is 2.85. The highest BCUT2D eigenvalue weighted by Crippen LogP contribution is 2.42. The lowest BCUT2D eigenvalue weighted by atomic mass is 9.95. The van der Waals surface area contributed by atoms with Crippen molar-refractivity contribution in [3.05, 3.63) is 83.7 Å². The van der Waals surface area contributed by atoms with Gasteiger partial charge in [-0.2, -0.15) is 0 Å². The van der Waals surface area contributed by atoms with Crippen molar-refractivity contribution in [1.29, 1.82) is 0 Å². The van der Waals surface area contributed by atoms with Gasteiger partial charge in [-0.05, 0) is 24.3 Å². The molecule has 5 nitrogen and oxygen atoms in total. The number of carbonyl (C=O) groups is 1. The molecule has 0 radical (unpaired) electrons. The van der Waals surface area contributed by atoms with Crippen molar-refractivity contribution in [1.82, 2.24) is 9.47 Å². The van der Waals surface area contributed by atoms with Crippen LogP contribution in [-0.2, 0) is 4.79 Å². The number of hydrogen-bond donors (Lipinski definition) is 0. The van der Waals surface area contributed by atoms with Gasteiger partial charge in [-0.3, -0.25) is 4.79 Å². The number of benzene rings is 2. The number of methoxy groups -OCH3 is 2. The number of carbonyl (C=O) groups excluding carboxylic acids is 1. The van der Waals surface area contributed by atoms with E-state index in [2.05, 4.69) is 22.9 Å². The number of para-hydroxylation sites is 2. The summed E-state index contributed by atoms with van der Waals surface area (Å²) in [4.78, 5) is 13.9. The van der Waals surface area contributed by atoms with Gasteiger partial charge in [0.2, 0.25) is 6.41 Å². The summed E-state index contributed by atoms with van der Waals surface area (Å²) >= 11 is 0. The average Bonchev–Trinajstić information content (AvgIpc) is 3.22. The Bertz CT molecular complexity index is 950. The van der Waals surface area contributed by atoms with E-state index in [1.165, 1.54) is 0 Å². The van der Waals surface area contributed by atoms with Crippen molar-refractivity contribution < 1.29 is 14.3 Å². The molecule has 4 rings (SSSR count). The van der Waals surface area contributed by atoms with Gasteiger partial charge in [-0.25, -0.2) is 0 Å². The molecule has 0 aliphatic carbocycles. The molecule has 1 amide bonds. The highest BCUT2D eigenvalue weighted by atomic mass is 16.5. The van der Waals surface area contributed by atoms with Crippen molar-refractivity contribution in [2.75, 3.05) is 20.8 Å². The molecule has 2 atom stereocenters. The van der Waals surface area contributed by atoms with Gasteiger partial charge in [0, 0.05) is 29.6 Å². The van der Waals surface area contributed by atoms with Crippen LogP contribution in [0.15, 0.2) is 66.9 Å². The molecule has 2 heterocycles. The Hall–Kier alpha value is -3.21. The number of fused-ring (bicyclic) bond motifs is 1. The third-order valence-electron chi connectivity index (χ3n) is 5.21. The fourth-order valence-corrected chi connectivity index (χ4v) is 4.01. The van der Waals surface area contributed by atoms with E-state index in [1.54, 1.807) is 14.2 Å². The molecule has 0 bridgehead atoms. The number of hydrogen-bond acceptors (Lipinski definition) is 3. The molecule has 138 valence electrons. The highest BCUT2D eigenvalue weighted by Gasteiger charge is 2.36. The van der Waals surface area contributed by atoms with Gasteiger partial charge in [0.05, 0.1) is 20.3 Å². The van der Waals surface area contributed by atoms with Crippen LogP contribution in [0.2, 0.25) is 0 Å². The maximum atomic E-state index is 12.1. The first-order valence-corrected chi connectivity index (χ1v) is 8.92. The molecule has 2 unspecified atom stereocenters. The molecule has 3 aromatic rings. The zero-order valence-electron chi connectivity index (χ0n) is 15.4. The maximum absolute atomic E-state index is 12.1. The number of amides is 1. The van der Waals surface area contributed by atoms with Crippen molar-refractivity contribution in [2.45, 2.75) is 12.1 Å². The second-order valence-electron chi connectivity index (χ2n) is 6.54. The van der Waals surface area contributed by atoms with Crippen LogP contribution in [0.25, 0.3) is 0 Å². The summed E-state index contributed by atoms with van der Waals surface area (Å²) in [6.07, 6.45) is 2.99. The van der Waals surface area contributed by atoms with E-state index in [0.717, 1.165) is 34.7 Å². The normalized spacial score (nSPS) is 18.7. The van der Waals surface area contributed by atoms with Crippen LogP contribution >= 0.6 is 0 Å². The monoisotopic (exact) mass is 362 g/mol. The van der Waals surface area contributed by atoms with Gasteiger partial charge in [0.25, 0.3) is 0 Å². The van der Waals surface area contributed by atoms with Gasteiger partial charge in [-0.15, -0.1) is 0 Å². The van der Waals surface area contributed by atoms with E-state index in [-0.39, 0.29) is 12.1 Å². The maximum Gasteiger partial charge on any atom is 0.210 e. The van der Waals surface area contributed by atoms with E-state index >= 15 is 0 Å². The zero-order chi connectivity index (χ0) is 18.8. The van der Waals surface area contributed by atoms with Gasteiger partial charge in [0.1, 0.15) is 17.5 Å². The lowest BCUT2D eigenvalue weighted by Crippen LogP contribution is -2.41. The molecule has 0 N–H and O–H groups in total. The highest BCUT2D eigenvalue weighted by molar-refractivity contribution is 5.55. The Morgan fingerprint density at radius 2 is 1.52 bits per heavy atom. The van der Waals surface area contributed by atoms with Crippen LogP contribution in [0.3, 0.4) is 0 Å². The molecule has 2 aromatic carbocycles. The van der Waals surface area contributed by atoms with Gasteiger partial charge < -0.3 is 18.9 Å². The first kappa shape index (κ1) is 17.2. The topological polar surface area (TPSA) is 43.7 Å². The summed E-state index contributed by atoms with van der Waals surface area (Å²) in [5, 5.41) is 0. The Morgan fingerprint density at radius 3 is 2.19 bits per heavy atom. The second-order valence-corrected chi connectivity index (χ2v) is 6.54. The number of ether oxygens (including phenoxy) is 2. The SMILES string of the molecule is COc1ccccc1C1c2cccn2C(c2ccccc2OC)CN1C=O. The Kier molecular flexibility index (Phi) is 4.59. The van der Waals surface area contributed by atoms with Crippen molar-refractivity contribution >= 4 is 6.41 Å². The summed E-state index contributed by atoms with van der Waals surface area (Å²) in [5.41, 5.74) is 3.09. The van der Waals surface area contributed by atoms with E-state index in [1.807, 2.05) is 53.4 Å². The molecule has 0 fully saturated rings. The second kappa shape index (κ2) is 7.19. The molecule has 1 aromatic heterocycles. The van der Waals surface area contributed by atoms with Crippen molar-refractivity contribution in [2.24, 2.45) is 0 Å². The van der Waals surface area contributed by atoms with Crippen LogP contribution in [0.5, 0.6) is 11.5 Å². The Labute approximate surface area is 158 Å². The smallest absolute Gasteiger partial charge is 0.210 e. The summed E-state index contributed by atoms with van der Waals surface area (Å²) in [7, 11) is 3.33. The van der Waals surface area contributed by atoms with Crippen LogP contribution < -0.4 is 9.47 Å². The molecule has 1 aliphatic rings. The van der Waals surface area contributed by atoms with Gasteiger partial charge in [0.15, 0.2) is 0 Å². The Morgan fingerprint density at radius 1 is 0.889 bits per heavy atom. The fourth-order valence-electron chi connectivity index (χ4n) is 4.01. The Balaban J connectivity index is 1.86. The first-order valence-electron chi connectivity index (χ1n) is 8.92. The number of rotatable bonds is 5. The quantitative estimate of drug-likeness (QED) is 0.651. The molecule has 27 heavy (non-hydrogen) atoms. The lowest BCUT2D eigenvalue weighted by Gasteiger charge is -2.40. The van der Waals surface area contributed by atoms with Crippen LogP contribution in [0.1, 0.15) is 28.9 Å². The van der Waals surface area contributed by atoms with Crippen molar-refractivity contribution in [3.8, 4) is 11.5 Å². The van der Waals surface area contributed by atoms with Crippen molar-refractivity contribution in [3.63, 3.8) is 0 Å². The fraction of sp³-hybridized carbons (Fsp3) is 0.227. The average molecular weight is 362 g/mol. The van der Waals surface area contributed by atoms with E-state index in [4.69, 9.17) is 9.47 Å². The molecule has 0 saturated heterocycles.